The molecule has 0 unspecified atom stereocenters. The summed E-state index contributed by atoms with van der Waals surface area (Å²) in [7, 11) is 1.62. The molecule has 0 aliphatic heterocycles. The van der Waals surface area contributed by atoms with Crippen molar-refractivity contribution in [2.75, 3.05) is 13.7 Å². The van der Waals surface area contributed by atoms with Gasteiger partial charge in [0.25, 0.3) is 0 Å². The van der Waals surface area contributed by atoms with Gasteiger partial charge in [0.15, 0.2) is 0 Å². The third-order valence-electron chi connectivity index (χ3n) is 3.51. The number of nitrogens with zero attached hydrogens (tertiary/aromatic N) is 1. The van der Waals surface area contributed by atoms with Gasteiger partial charge in [0.2, 0.25) is 0 Å². The van der Waals surface area contributed by atoms with E-state index in [1.165, 1.54) is 11.3 Å². The molecule has 0 fully saturated rings. The minimum absolute atomic E-state index is 0.315. The molecule has 0 radical (unpaired) electrons. The van der Waals surface area contributed by atoms with E-state index < -0.39 is 0 Å². The molecule has 1 aromatic carbocycles. The maximum atomic E-state index is 12.4. The number of carbonyl (C=O) groups is 1. The van der Waals surface area contributed by atoms with Crippen LogP contribution in [-0.2, 0) is 9.53 Å². The summed E-state index contributed by atoms with van der Waals surface area (Å²) in [5.41, 5.74) is 2.37. The Kier molecular flexibility index (Phi) is 6.15. The Morgan fingerprint density at radius 3 is 2.71 bits per heavy atom. The van der Waals surface area contributed by atoms with E-state index in [1.54, 1.807) is 14.0 Å². The number of ether oxygens (including phenoxy) is 2. The normalized spacial score (nSPS) is 11.7. The van der Waals surface area contributed by atoms with E-state index >= 15 is 0 Å². The summed E-state index contributed by atoms with van der Waals surface area (Å²) in [6, 6.07) is 7.56. The Morgan fingerprint density at radius 1 is 1.38 bits per heavy atom. The highest BCUT2D eigenvalue weighted by Crippen LogP contribution is 2.30. The van der Waals surface area contributed by atoms with Crippen LogP contribution in [0.3, 0.4) is 0 Å². The molecule has 0 aliphatic carbocycles. The van der Waals surface area contributed by atoms with E-state index in [9.17, 15) is 4.79 Å². The van der Waals surface area contributed by atoms with Crippen LogP contribution in [0.5, 0.6) is 5.75 Å². The van der Waals surface area contributed by atoms with Crippen LogP contribution < -0.4 is 4.74 Å². The van der Waals surface area contributed by atoms with E-state index in [0.717, 1.165) is 21.9 Å². The zero-order chi connectivity index (χ0) is 17.7. The molecule has 1 aromatic heterocycles. The largest absolute Gasteiger partial charge is 0.497 e. The molecule has 2 rings (SSSR count). The number of hydrogen-bond donors (Lipinski definition) is 0. The number of carbonyl (C=O) groups excluding carboxylic acids is 1. The molecule has 4 nitrogen and oxygen atoms in total. The van der Waals surface area contributed by atoms with Crippen LogP contribution in [0.15, 0.2) is 24.3 Å². The highest BCUT2D eigenvalue weighted by molar-refractivity contribution is 7.13. The number of aromatic nitrogens is 1. The minimum atomic E-state index is -0.357. The molecule has 0 N–H and O–H groups in total. The quantitative estimate of drug-likeness (QED) is 0.563. The van der Waals surface area contributed by atoms with Gasteiger partial charge in [-0.2, -0.15) is 0 Å². The fourth-order valence-corrected chi connectivity index (χ4v) is 3.45. The predicted molar refractivity (Wildman–Crippen MR) is 98.4 cm³/mol. The van der Waals surface area contributed by atoms with Crippen molar-refractivity contribution < 1.29 is 14.3 Å². The van der Waals surface area contributed by atoms with Crippen LogP contribution in [0.1, 0.15) is 47.8 Å². The average molecular weight is 345 g/mol. The van der Waals surface area contributed by atoms with Crippen molar-refractivity contribution in [3.8, 4) is 5.75 Å². The number of hydrogen-bond acceptors (Lipinski definition) is 5. The molecule has 128 valence electrons. The van der Waals surface area contributed by atoms with Crippen LogP contribution in [0.2, 0.25) is 0 Å². The van der Waals surface area contributed by atoms with E-state index in [2.05, 4.69) is 18.8 Å². The van der Waals surface area contributed by atoms with Crippen LogP contribution in [-0.4, -0.2) is 24.7 Å². The predicted octanol–water partition coefficient (Wildman–Crippen LogP) is 4.69. The first-order chi connectivity index (χ1) is 11.5. The second kappa shape index (κ2) is 8.11. The second-order valence-electron chi connectivity index (χ2n) is 5.67. The summed E-state index contributed by atoms with van der Waals surface area (Å²) < 4.78 is 10.5. The molecule has 0 spiro atoms. The van der Waals surface area contributed by atoms with E-state index in [-0.39, 0.29) is 5.97 Å². The number of rotatable bonds is 6. The monoisotopic (exact) mass is 345 g/mol. The lowest BCUT2D eigenvalue weighted by molar-refractivity contribution is -0.136. The van der Waals surface area contributed by atoms with Gasteiger partial charge in [-0.15, -0.1) is 11.3 Å². The first kappa shape index (κ1) is 18.2. The number of methoxy groups -OCH3 is 1. The van der Waals surface area contributed by atoms with Crippen LogP contribution in [0.25, 0.3) is 11.6 Å². The lowest BCUT2D eigenvalue weighted by Gasteiger charge is -2.06. The van der Waals surface area contributed by atoms with Gasteiger partial charge in [0, 0.05) is 4.88 Å². The molecule has 0 saturated heterocycles. The third-order valence-corrected chi connectivity index (χ3v) is 4.53. The van der Waals surface area contributed by atoms with Crippen molar-refractivity contribution in [1.82, 2.24) is 4.98 Å². The standard InChI is InChI=1S/C19H23NO3S/c1-6-23-19(21)16(11-14-8-7-9-15(10-14)22-5)18-20-17(12(2)3)13(4)24-18/h7-12H,6H2,1-5H3. The molecule has 0 aliphatic rings. The number of benzene rings is 1. The molecule has 0 saturated carbocycles. The fraction of sp³-hybridized carbons (Fsp3) is 0.368. The van der Waals surface area contributed by atoms with Crippen molar-refractivity contribution in [1.29, 1.82) is 0 Å². The molecule has 24 heavy (non-hydrogen) atoms. The third kappa shape index (κ3) is 4.23. The topological polar surface area (TPSA) is 48.4 Å². The van der Waals surface area contributed by atoms with E-state index in [0.29, 0.717) is 23.1 Å². The molecule has 0 atom stereocenters. The summed E-state index contributed by atoms with van der Waals surface area (Å²) >= 11 is 1.52. The van der Waals surface area contributed by atoms with Crippen LogP contribution in [0.4, 0.5) is 0 Å². The Balaban J connectivity index is 2.50. The van der Waals surface area contributed by atoms with Gasteiger partial charge in [-0.05, 0) is 43.5 Å². The Labute approximate surface area is 147 Å². The maximum absolute atomic E-state index is 12.4. The summed E-state index contributed by atoms with van der Waals surface area (Å²) in [5.74, 6) is 0.699. The zero-order valence-electron chi connectivity index (χ0n) is 14.8. The first-order valence-electron chi connectivity index (χ1n) is 7.96. The highest BCUT2D eigenvalue weighted by atomic mass is 32.1. The van der Waals surface area contributed by atoms with E-state index in [1.807, 2.05) is 37.3 Å². The Hall–Kier alpha value is -2.14. The number of esters is 1. The summed E-state index contributed by atoms with van der Waals surface area (Å²) in [4.78, 5) is 18.2. The van der Waals surface area contributed by atoms with E-state index in [4.69, 9.17) is 9.47 Å². The summed E-state index contributed by atoms with van der Waals surface area (Å²) in [5, 5.41) is 0.692. The van der Waals surface area contributed by atoms with Crippen molar-refractivity contribution in [3.63, 3.8) is 0 Å². The van der Waals surface area contributed by atoms with Crippen LogP contribution >= 0.6 is 11.3 Å². The van der Waals surface area contributed by atoms with Crippen molar-refractivity contribution in [2.45, 2.75) is 33.6 Å². The minimum Gasteiger partial charge on any atom is -0.497 e. The van der Waals surface area contributed by atoms with Crippen molar-refractivity contribution in [3.05, 3.63) is 45.4 Å². The molecular weight excluding hydrogens is 322 g/mol. The molecule has 5 heteroatoms. The van der Waals surface area contributed by atoms with Gasteiger partial charge >= 0.3 is 5.97 Å². The first-order valence-corrected chi connectivity index (χ1v) is 8.78. The van der Waals surface area contributed by atoms with Gasteiger partial charge in [-0.25, -0.2) is 9.78 Å². The molecule has 1 heterocycles. The molecule has 2 aromatic rings. The molecular formula is C19H23NO3S. The SMILES string of the molecule is CCOC(=O)C(=Cc1cccc(OC)c1)c1nc(C(C)C)c(C)s1. The average Bonchev–Trinajstić information content (AvgIpc) is 2.94. The zero-order valence-corrected chi connectivity index (χ0v) is 15.6. The van der Waals surface area contributed by atoms with Gasteiger partial charge in [-0.1, -0.05) is 26.0 Å². The summed E-state index contributed by atoms with van der Waals surface area (Å²) in [6.45, 7) is 8.36. The molecule has 0 amide bonds. The number of thiazole rings is 1. The van der Waals surface area contributed by atoms with Crippen LogP contribution in [0, 0.1) is 6.92 Å². The van der Waals surface area contributed by atoms with Gasteiger partial charge in [0.05, 0.1) is 25.0 Å². The Bertz CT molecular complexity index is 747. The van der Waals surface area contributed by atoms with Gasteiger partial charge < -0.3 is 9.47 Å². The molecule has 0 bridgehead atoms. The van der Waals surface area contributed by atoms with Crippen molar-refractivity contribution >= 4 is 29.0 Å². The van der Waals surface area contributed by atoms with Crippen molar-refractivity contribution in [2.24, 2.45) is 0 Å². The second-order valence-corrected chi connectivity index (χ2v) is 6.87. The maximum Gasteiger partial charge on any atom is 0.341 e. The highest BCUT2D eigenvalue weighted by Gasteiger charge is 2.20. The fourth-order valence-electron chi connectivity index (χ4n) is 2.37. The lowest BCUT2D eigenvalue weighted by Crippen LogP contribution is -2.07. The lowest BCUT2D eigenvalue weighted by atomic mass is 10.1. The van der Waals surface area contributed by atoms with Gasteiger partial charge in [-0.3, -0.25) is 0 Å². The number of aryl methyl sites for hydroxylation is 1. The smallest absolute Gasteiger partial charge is 0.341 e. The summed E-state index contributed by atoms with van der Waals surface area (Å²) in [6.07, 6.45) is 1.81. The Morgan fingerprint density at radius 2 is 2.12 bits per heavy atom. The van der Waals surface area contributed by atoms with Gasteiger partial charge in [0.1, 0.15) is 10.8 Å².